The molecule has 0 spiro atoms. The van der Waals surface area contributed by atoms with Crippen LogP contribution in [0.2, 0.25) is 0 Å². The molecule has 0 radical (unpaired) electrons. The molecule has 1 aliphatic carbocycles. The molecule has 1 fully saturated rings. The number of ether oxygens (including phenoxy) is 1. The van der Waals surface area contributed by atoms with Crippen molar-refractivity contribution in [1.29, 1.82) is 0 Å². The van der Waals surface area contributed by atoms with E-state index in [1.54, 1.807) is 0 Å². The van der Waals surface area contributed by atoms with Crippen molar-refractivity contribution in [3.05, 3.63) is 29.3 Å². The summed E-state index contributed by atoms with van der Waals surface area (Å²) in [6, 6.07) is 7.38. The molecule has 98 valence electrons. The molecule has 0 amide bonds. The lowest BCUT2D eigenvalue weighted by atomic mass is 10.1. The first-order chi connectivity index (χ1) is 8.92. The van der Waals surface area contributed by atoms with Crippen molar-refractivity contribution >= 4 is 0 Å². The summed E-state index contributed by atoms with van der Waals surface area (Å²) in [5.74, 6) is 1.09. The Morgan fingerprint density at radius 2 is 1.94 bits per heavy atom. The zero-order valence-electron chi connectivity index (χ0n) is 11.1. The lowest BCUT2D eigenvalue weighted by Gasteiger charge is -2.16. The average molecular weight is 245 g/mol. The fourth-order valence-electron chi connectivity index (χ4n) is 3.10. The van der Waals surface area contributed by atoms with Gasteiger partial charge in [-0.3, -0.25) is 0 Å². The van der Waals surface area contributed by atoms with Crippen LogP contribution in [0, 0.1) is 0 Å². The number of rotatable bonds is 3. The van der Waals surface area contributed by atoms with Crippen LogP contribution in [0.25, 0.3) is 0 Å². The number of nitrogens with one attached hydrogen (secondary N) is 1. The molecule has 1 aromatic rings. The zero-order valence-corrected chi connectivity index (χ0v) is 11.1. The minimum Gasteiger partial charge on any atom is -0.493 e. The molecule has 2 heteroatoms. The average Bonchev–Trinajstić information content (AvgIpc) is 2.70. The first-order valence-electron chi connectivity index (χ1n) is 7.40. The molecule has 2 nitrogen and oxygen atoms in total. The fraction of sp³-hybridized carbons (Fsp3) is 0.625. The highest BCUT2D eigenvalue weighted by molar-refractivity contribution is 5.39. The Balaban J connectivity index is 1.56. The summed E-state index contributed by atoms with van der Waals surface area (Å²) in [5.41, 5.74) is 2.79. The fourth-order valence-corrected chi connectivity index (χ4v) is 3.10. The predicted octanol–water partition coefficient (Wildman–Crippen LogP) is 3.43. The van der Waals surface area contributed by atoms with Crippen LogP contribution in [-0.4, -0.2) is 12.6 Å². The van der Waals surface area contributed by atoms with E-state index in [-0.39, 0.29) is 0 Å². The van der Waals surface area contributed by atoms with E-state index in [0.29, 0.717) is 0 Å². The largest absolute Gasteiger partial charge is 0.493 e. The molecule has 1 N–H and O–H groups in total. The third-order valence-electron chi connectivity index (χ3n) is 4.20. The van der Waals surface area contributed by atoms with Gasteiger partial charge in [0.25, 0.3) is 0 Å². The van der Waals surface area contributed by atoms with Crippen LogP contribution < -0.4 is 10.1 Å². The Labute approximate surface area is 110 Å². The second-order valence-electron chi connectivity index (χ2n) is 5.61. The first kappa shape index (κ1) is 12.0. The Hall–Kier alpha value is -1.02. The second-order valence-corrected chi connectivity index (χ2v) is 5.61. The van der Waals surface area contributed by atoms with Crippen molar-refractivity contribution in [2.45, 2.75) is 57.5 Å². The molecule has 0 atom stereocenters. The van der Waals surface area contributed by atoms with E-state index in [1.165, 1.54) is 49.7 Å². The topological polar surface area (TPSA) is 21.3 Å². The zero-order chi connectivity index (χ0) is 12.2. The number of benzene rings is 1. The summed E-state index contributed by atoms with van der Waals surface area (Å²) in [7, 11) is 0. The van der Waals surface area contributed by atoms with Crippen molar-refractivity contribution in [1.82, 2.24) is 5.32 Å². The van der Waals surface area contributed by atoms with E-state index in [4.69, 9.17) is 4.74 Å². The van der Waals surface area contributed by atoms with Crippen molar-refractivity contribution in [3.8, 4) is 5.75 Å². The van der Waals surface area contributed by atoms with Gasteiger partial charge in [-0.25, -0.2) is 0 Å². The van der Waals surface area contributed by atoms with Gasteiger partial charge in [0.1, 0.15) is 5.75 Å². The third kappa shape index (κ3) is 2.86. The standard InChI is InChI=1S/C16H23NO/c1-2-4-6-15(5-3-1)17-12-13-7-8-16-14(11-13)9-10-18-16/h7-8,11,15,17H,1-6,9-10,12H2. The van der Waals surface area contributed by atoms with Gasteiger partial charge < -0.3 is 10.1 Å². The van der Waals surface area contributed by atoms with Crippen LogP contribution in [-0.2, 0) is 13.0 Å². The van der Waals surface area contributed by atoms with Gasteiger partial charge in [-0.1, -0.05) is 37.8 Å². The third-order valence-corrected chi connectivity index (χ3v) is 4.20. The minimum absolute atomic E-state index is 0.733. The molecule has 1 saturated carbocycles. The highest BCUT2D eigenvalue weighted by atomic mass is 16.5. The van der Waals surface area contributed by atoms with E-state index < -0.39 is 0 Å². The van der Waals surface area contributed by atoms with Gasteiger partial charge in [0.05, 0.1) is 6.61 Å². The van der Waals surface area contributed by atoms with Crippen molar-refractivity contribution in [2.24, 2.45) is 0 Å². The quantitative estimate of drug-likeness (QED) is 0.824. The van der Waals surface area contributed by atoms with Crippen LogP contribution in [0.4, 0.5) is 0 Å². The molecule has 3 rings (SSSR count). The molecule has 0 saturated heterocycles. The van der Waals surface area contributed by atoms with Crippen LogP contribution >= 0.6 is 0 Å². The SMILES string of the molecule is c1cc2c(cc1CNC1CCCCCC1)CCO2. The summed E-state index contributed by atoms with van der Waals surface area (Å²) >= 11 is 0. The normalized spacial score (nSPS) is 20.2. The number of hydrogen-bond donors (Lipinski definition) is 1. The van der Waals surface area contributed by atoms with Crippen LogP contribution in [0.1, 0.15) is 49.7 Å². The van der Waals surface area contributed by atoms with Gasteiger partial charge in [-0.15, -0.1) is 0 Å². The van der Waals surface area contributed by atoms with Gasteiger partial charge in [-0.2, -0.15) is 0 Å². The van der Waals surface area contributed by atoms with Gasteiger partial charge in [0, 0.05) is 19.0 Å². The van der Waals surface area contributed by atoms with Gasteiger partial charge >= 0.3 is 0 Å². The van der Waals surface area contributed by atoms with E-state index in [2.05, 4.69) is 23.5 Å². The summed E-state index contributed by atoms with van der Waals surface area (Å²) < 4.78 is 5.54. The molecule has 1 aromatic carbocycles. The minimum atomic E-state index is 0.733. The van der Waals surface area contributed by atoms with Gasteiger partial charge in [-0.05, 0) is 30.0 Å². The van der Waals surface area contributed by atoms with Crippen molar-refractivity contribution in [3.63, 3.8) is 0 Å². The molecule has 0 bridgehead atoms. The second kappa shape index (κ2) is 5.75. The van der Waals surface area contributed by atoms with Gasteiger partial charge in [0.15, 0.2) is 0 Å². The van der Waals surface area contributed by atoms with E-state index in [0.717, 1.165) is 31.4 Å². The summed E-state index contributed by atoms with van der Waals surface area (Å²) in [6.45, 7) is 1.87. The van der Waals surface area contributed by atoms with Crippen molar-refractivity contribution < 1.29 is 4.74 Å². The molecule has 0 unspecified atom stereocenters. The molecular formula is C16H23NO. The lowest BCUT2D eigenvalue weighted by molar-refractivity contribution is 0.357. The molecule has 0 aromatic heterocycles. The highest BCUT2D eigenvalue weighted by Gasteiger charge is 2.14. The molecule has 18 heavy (non-hydrogen) atoms. The van der Waals surface area contributed by atoms with Crippen LogP contribution in [0.15, 0.2) is 18.2 Å². The highest BCUT2D eigenvalue weighted by Crippen LogP contribution is 2.26. The molecule has 2 aliphatic rings. The van der Waals surface area contributed by atoms with Crippen molar-refractivity contribution in [2.75, 3.05) is 6.61 Å². The number of fused-ring (bicyclic) bond motifs is 1. The molecule has 1 aliphatic heterocycles. The van der Waals surface area contributed by atoms with E-state index in [1.807, 2.05) is 0 Å². The monoisotopic (exact) mass is 245 g/mol. The Morgan fingerprint density at radius 3 is 2.78 bits per heavy atom. The maximum absolute atomic E-state index is 5.54. The van der Waals surface area contributed by atoms with E-state index >= 15 is 0 Å². The molecule has 1 heterocycles. The Morgan fingerprint density at radius 1 is 1.11 bits per heavy atom. The summed E-state index contributed by atoms with van der Waals surface area (Å²) in [6.07, 6.45) is 9.43. The first-order valence-corrected chi connectivity index (χ1v) is 7.40. The maximum atomic E-state index is 5.54. The maximum Gasteiger partial charge on any atom is 0.122 e. The van der Waals surface area contributed by atoms with Crippen LogP contribution in [0.5, 0.6) is 5.75 Å². The number of hydrogen-bond acceptors (Lipinski definition) is 2. The lowest BCUT2D eigenvalue weighted by Crippen LogP contribution is -2.27. The molecular weight excluding hydrogens is 222 g/mol. The van der Waals surface area contributed by atoms with Crippen LogP contribution in [0.3, 0.4) is 0 Å². The Kier molecular flexibility index (Phi) is 3.84. The Bertz CT molecular complexity index is 394. The predicted molar refractivity (Wildman–Crippen MR) is 74.0 cm³/mol. The van der Waals surface area contributed by atoms with E-state index in [9.17, 15) is 0 Å². The summed E-state index contributed by atoms with van der Waals surface area (Å²) in [4.78, 5) is 0. The smallest absolute Gasteiger partial charge is 0.122 e. The summed E-state index contributed by atoms with van der Waals surface area (Å²) in [5, 5.41) is 3.73. The van der Waals surface area contributed by atoms with Gasteiger partial charge in [0.2, 0.25) is 0 Å².